The summed E-state index contributed by atoms with van der Waals surface area (Å²) in [5.41, 5.74) is -0.556. The van der Waals surface area contributed by atoms with E-state index in [4.69, 9.17) is 16.3 Å². The molecule has 0 aliphatic heterocycles. The van der Waals surface area contributed by atoms with E-state index in [9.17, 15) is 4.79 Å². The summed E-state index contributed by atoms with van der Waals surface area (Å²) in [5.74, 6) is 0. The molecule has 9 heteroatoms. The Morgan fingerprint density at radius 2 is 2.14 bits per heavy atom. The number of hydrogen-bond donors (Lipinski definition) is 1. The van der Waals surface area contributed by atoms with Gasteiger partial charge in [-0.05, 0) is 44.7 Å². The summed E-state index contributed by atoms with van der Waals surface area (Å²) in [4.78, 5) is 15.8. The lowest BCUT2D eigenvalue weighted by Crippen LogP contribution is -2.27. The molecule has 0 aliphatic carbocycles. The van der Waals surface area contributed by atoms with Crippen molar-refractivity contribution in [2.24, 2.45) is 0 Å². The first-order valence-electron chi connectivity index (χ1n) is 5.95. The Morgan fingerprint density at radius 3 is 2.76 bits per heavy atom. The third kappa shape index (κ3) is 5.49. The van der Waals surface area contributed by atoms with Gasteiger partial charge in [-0.15, -0.1) is 10.2 Å². The first kappa shape index (κ1) is 16.0. The van der Waals surface area contributed by atoms with Crippen molar-refractivity contribution in [3.63, 3.8) is 0 Å². The fourth-order valence-electron chi connectivity index (χ4n) is 1.20. The Morgan fingerprint density at radius 1 is 1.38 bits per heavy atom. The highest BCUT2D eigenvalue weighted by Gasteiger charge is 2.17. The molecule has 2 rings (SSSR count). The van der Waals surface area contributed by atoms with Crippen LogP contribution < -0.4 is 5.32 Å². The van der Waals surface area contributed by atoms with Crippen molar-refractivity contribution < 1.29 is 9.53 Å². The van der Waals surface area contributed by atoms with Gasteiger partial charge in [0.15, 0.2) is 4.34 Å². The molecule has 0 saturated heterocycles. The molecule has 0 atom stereocenters. The monoisotopic (exact) mass is 344 g/mol. The third-order valence-electron chi connectivity index (χ3n) is 1.91. The molecule has 112 valence electrons. The first-order valence-corrected chi connectivity index (χ1v) is 7.96. The van der Waals surface area contributed by atoms with Gasteiger partial charge in [-0.1, -0.05) is 22.9 Å². The number of carbonyl (C=O) groups excluding carboxylic acids is 1. The number of carbonyl (C=O) groups is 1. The Bertz CT molecular complexity index is 625. The predicted molar refractivity (Wildman–Crippen MR) is 83.1 cm³/mol. The molecule has 2 aromatic heterocycles. The maximum Gasteiger partial charge on any atom is 0.414 e. The van der Waals surface area contributed by atoms with Crippen LogP contribution in [-0.4, -0.2) is 26.9 Å². The Labute approximate surface area is 135 Å². The highest BCUT2D eigenvalue weighted by molar-refractivity contribution is 8.01. The lowest BCUT2D eigenvalue weighted by atomic mass is 10.2. The number of nitrogens with one attached hydrogen (secondary N) is 1. The van der Waals surface area contributed by atoms with Crippen molar-refractivity contribution >= 4 is 45.9 Å². The van der Waals surface area contributed by atoms with Gasteiger partial charge in [-0.2, -0.15) is 0 Å². The number of hydrogen-bond acceptors (Lipinski definition) is 7. The van der Waals surface area contributed by atoms with Gasteiger partial charge in [0.2, 0.25) is 5.13 Å². The van der Waals surface area contributed by atoms with E-state index in [0.717, 1.165) is 5.03 Å². The van der Waals surface area contributed by atoms with E-state index >= 15 is 0 Å². The SMILES string of the molecule is CC(C)(C)OC(=O)Nc1nnc(Sc2ccc(Cl)cn2)s1. The molecule has 1 N–H and O–H groups in total. The number of nitrogens with zero attached hydrogens (tertiary/aromatic N) is 3. The molecule has 0 bridgehead atoms. The summed E-state index contributed by atoms with van der Waals surface area (Å²) in [6.07, 6.45) is 1.00. The van der Waals surface area contributed by atoms with Gasteiger partial charge >= 0.3 is 6.09 Å². The minimum Gasteiger partial charge on any atom is -0.444 e. The number of pyridine rings is 1. The van der Waals surface area contributed by atoms with Crippen molar-refractivity contribution in [2.45, 2.75) is 35.7 Å². The van der Waals surface area contributed by atoms with E-state index < -0.39 is 11.7 Å². The second-order valence-corrected chi connectivity index (χ2v) is 7.60. The fourth-order valence-corrected chi connectivity index (χ4v) is 2.94. The molecule has 0 radical (unpaired) electrons. The molecular formula is C12H13ClN4O2S2. The maximum absolute atomic E-state index is 11.6. The quantitative estimate of drug-likeness (QED) is 0.845. The largest absolute Gasteiger partial charge is 0.444 e. The van der Waals surface area contributed by atoms with Gasteiger partial charge in [-0.3, -0.25) is 5.32 Å². The topological polar surface area (TPSA) is 77.0 Å². The number of aromatic nitrogens is 3. The van der Waals surface area contributed by atoms with Crippen LogP contribution in [0, 0.1) is 0 Å². The molecule has 0 unspecified atom stereocenters. The maximum atomic E-state index is 11.6. The van der Waals surface area contributed by atoms with E-state index in [1.54, 1.807) is 39.1 Å². The molecule has 0 spiro atoms. The summed E-state index contributed by atoms with van der Waals surface area (Å²) < 4.78 is 5.80. The van der Waals surface area contributed by atoms with Gasteiger partial charge in [-0.25, -0.2) is 9.78 Å². The average molecular weight is 345 g/mol. The van der Waals surface area contributed by atoms with Crippen LogP contribution in [0.25, 0.3) is 0 Å². The van der Waals surface area contributed by atoms with Crippen LogP contribution in [-0.2, 0) is 4.74 Å². The molecule has 2 aromatic rings. The summed E-state index contributed by atoms with van der Waals surface area (Å²) in [6, 6.07) is 3.53. The Balaban J connectivity index is 1.95. The van der Waals surface area contributed by atoms with E-state index in [0.29, 0.717) is 14.5 Å². The molecule has 0 fully saturated rings. The van der Waals surface area contributed by atoms with Gasteiger partial charge in [0, 0.05) is 6.20 Å². The Kier molecular flexibility index (Phi) is 5.02. The smallest absolute Gasteiger partial charge is 0.414 e. The third-order valence-corrected chi connectivity index (χ3v) is 3.97. The highest BCUT2D eigenvalue weighted by Crippen LogP contribution is 2.31. The molecule has 6 nitrogen and oxygen atoms in total. The summed E-state index contributed by atoms with van der Waals surface area (Å²) in [7, 11) is 0. The van der Waals surface area contributed by atoms with Crippen LogP contribution in [0.2, 0.25) is 5.02 Å². The number of halogens is 1. The number of anilines is 1. The van der Waals surface area contributed by atoms with Crippen molar-refractivity contribution in [3.8, 4) is 0 Å². The normalized spacial score (nSPS) is 11.2. The second-order valence-electron chi connectivity index (χ2n) is 4.92. The van der Waals surface area contributed by atoms with Gasteiger partial charge in [0.1, 0.15) is 10.6 Å². The summed E-state index contributed by atoms with van der Waals surface area (Å²) >= 11 is 8.35. The lowest BCUT2D eigenvalue weighted by molar-refractivity contribution is 0.0636. The van der Waals surface area contributed by atoms with Crippen LogP contribution in [0.3, 0.4) is 0 Å². The minimum atomic E-state index is -0.556. The second kappa shape index (κ2) is 6.59. The zero-order valence-electron chi connectivity index (χ0n) is 11.6. The van der Waals surface area contributed by atoms with Crippen molar-refractivity contribution in [3.05, 3.63) is 23.4 Å². The zero-order valence-corrected chi connectivity index (χ0v) is 14.0. The molecule has 0 aromatic carbocycles. The molecule has 2 heterocycles. The van der Waals surface area contributed by atoms with E-state index in [2.05, 4.69) is 20.5 Å². The van der Waals surface area contributed by atoms with Crippen LogP contribution in [0.15, 0.2) is 27.7 Å². The summed E-state index contributed by atoms with van der Waals surface area (Å²) in [5, 5.41) is 12.1. The molecular weight excluding hydrogens is 332 g/mol. The zero-order chi connectivity index (χ0) is 15.5. The average Bonchev–Trinajstić information content (AvgIpc) is 2.77. The predicted octanol–water partition coefficient (Wildman–Crippen LogP) is 4.08. The van der Waals surface area contributed by atoms with E-state index in [1.807, 2.05) is 0 Å². The van der Waals surface area contributed by atoms with Gasteiger partial charge < -0.3 is 4.74 Å². The number of amides is 1. The highest BCUT2D eigenvalue weighted by atomic mass is 35.5. The standard InChI is InChI=1S/C12H13ClN4O2S2/c1-12(2,3)19-10(18)15-9-16-17-11(21-9)20-8-5-4-7(13)6-14-8/h4-6H,1-3H3,(H,15,16,18). The van der Waals surface area contributed by atoms with Gasteiger partial charge in [0.25, 0.3) is 0 Å². The van der Waals surface area contributed by atoms with Crippen LogP contribution >= 0.6 is 34.7 Å². The lowest BCUT2D eigenvalue weighted by Gasteiger charge is -2.18. The van der Waals surface area contributed by atoms with Crippen molar-refractivity contribution in [1.82, 2.24) is 15.2 Å². The van der Waals surface area contributed by atoms with Crippen LogP contribution in [0.4, 0.5) is 9.93 Å². The fraction of sp³-hybridized carbons (Fsp3) is 0.333. The van der Waals surface area contributed by atoms with E-state index in [-0.39, 0.29) is 0 Å². The first-order chi connectivity index (χ1) is 9.82. The molecule has 0 saturated carbocycles. The number of ether oxygens (including phenoxy) is 1. The van der Waals surface area contributed by atoms with Crippen molar-refractivity contribution in [2.75, 3.05) is 5.32 Å². The molecule has 21 heavy (non-hydrogen) atoms. The van der Waals surface area contributed by atoms with E-state index in [1.165, 1.54) is 23.1 Å². The van der Waals surface area contributed by atoms with Crippen LogP contribution in [0.5, 0.6) is 0 Å². The Hall–Kier alpha value is -1.38. The molecule has 1 amide bonds. The number of rotatable bonds is 3. The van der Waals surface area contributed by atoms with Crippen molar-refractivity contribution in [1.29, 1.82) is 0 Å². The molecule has 0 aliphatic rings. The van der Waals surface area contributed by atoms with Gasteiger partial charge in [0.05, 0.1) is 5.02 Å². The summed E-state index contributed by atoms with van der Waals surface area (Å²) in [6.45, 7) is 5.38. The van der Waals surface area contributed by atoms with Crippen LogP contribution in [0.1, 0.15) is 20.8 Å². The minimum absolute atomic E-state index is 0.376.